The summed E-state index contributed by atoms with van der Waals surface area (Å²) in [6, 6.07) is 22.2. The van der Waals surface area contributed by atoms with Gasteiger partial charge in [-0.15, -0.1) is 0 Å². The maximum atomic E-state index is 14.5. The van der Waals surface area contributed by atoms with Gasteiger partial charge in [-0.25, -0.2) is 9.88 Å². The zero-order valence-electron chi connectivity index (χ0n) is 21.5. The summed E-state index contributed by atoms with van der Waals surface area (Å²) in [7, 11) is 0. The second-order valence-corrected chi connectivity index (χ2v) is 11.1. The van der Waals surface area contributed by atoms with Gasteiger partial charge >= 0.3 is 0 Å². The van der Waals surface area contributed by atoms with E-state index in [4.69, 9.17) is 4.98 Å². The highest BCUT2D eigenvalue weighted by Crippen LogP contribution is 2.56. The van der Waals surface area contributed by atoms with Crippen molar-refractivity contribution in [2.24, 2.45) is 17.8 Å². The molecule has 3 aromatic carbocycles. The lowest BCUT2D eigenvalue weighted by Crippen LogP contribution is -2.50. The molecule has 0 aliphatic carbocycles. The molecular weight excluding hydrogens is 476 g/mol. The first-order chi connectivity index (χ1) is 18.3. The summed E-state index contributed by atoms with van der Waals surface area (Å²) in [5.41, 5.74) is 2.30. The quantitative estimate of drug-likeness (QED) is 0.425. The maximum absolute atomic E-state index is 14.5. The molecule has 3 aliphatic heterocycles. The number of rotatable bonds is 3. The van der Waals surface area contributed by atoms with Crippen LogP contribution in [-0.4, -0.2) is 27.4 Å². The van der Waals surface area contributed by atoms with Crippen molar-refractivity contribution in [3.8, 4) is 5.69 Å². The molecule has 0 radical (unpaired) electrons. The van der Waals surface area contributed by atoms with E-state index in [1.807, 2.05) is 73.7 Å². The van der Waals surface area contributed by atoms with Crippen molar-refractivity contribution in [3.63, 3.8) is 0 Å². The molecule has 4 heterocycles. The fourth-order valence-electron chi connectivity index (χ4n) is 6.98. The Kier molecular flexibility index (Phi) is 4.82. The summed E-state index contributed by atoms with van der Waals surface area (Å²) in [4.78, 5) is 48.9. The number of nitrogens with one attached hydrogen (secondary N) is 1. The van der Waals surface area contributed by atoms with Crippen LogP contribution in [0, 0.1) is 24.7 Å². The fourth-order valence-corrected chi connectivity index (χ4v) is 6.98. The number of imide groups is 1. The number of carbonyl (C=O) groups excluding carboxylic acids is 2. The van der Waals surface area contributed by atoms with Gasteiger partial charge in [-0.05, 0) is 49.1 Å². The molecule has 2 fully saturated rings. The second kappa shape index (κ2) is 7.95. The number of amides is 2. The molecule has 3 aliphatic rings. The molecule has 7 rings (SSSR count). The van der Waals surface area contributed by atoms with Crippen LogP contribution in [0.2, 0.25) is 0 Å². The average Bonchev–Trinajstić information content (AvgIpc) is 3.48. The lowest BCUT2D eigenvalue weighted by Gasteiger charge is -2.32. The lowest BCUT2D eigenvalue weighted by molar-refractivity contribution is -0.123. The molecule has 7 nitrogen and oxygen atoms in total. The van der Waals surface area contributed by atoms with Crippen molar-refractivity contribution in [2.45, 2.75) is 38.8 Å². The zero-order valence-corrected chi connectivity index (χ0v) is 21.5. The number of benzene rings is 3. The number of aryl methyl sites for hydroxylation is 1. The first-order valence-corrected chi connectivity index (χ1v) is 13.2. The normalized spacial score (nSPS) is 25.5. The van der Waals surface area contributed by atoms with Gasteiger partial charge < -0.3 is 0 Å². The molecule has 0 unspecified atom stereocenters. The Hall–Kier alpha value is -4.10. The standard InChI is InChI=1S/C31H28N4O3/c1-17(2)16-22-25-26(29(38)34(28(25)37)23-14-8-4-10-18(23)3)31(33-22)20-12-6-9-15-24(20)35-27(36)19-11-5-7-13-21(19)32-30(31)35/h4-15,17,22,25-26,33H,16H2,1-3H3/t22-,25-,26+,31-/m0/s1. The van der Waals surface area contributed by atoms with E-state index < -0.39 is 17.4 Å². The van der Waals surface area contributed by atoms with Gasteiger partial charge in [-0.1, -0.05) is 62.4 Å². The molecule has 7 heteroatoms. The van der Waals surface area contributed by atoms with Crippen molar-refractivity contribution in [1.82, 2.24) is 14.9 Å². The molecule has 38 heavy (non-hydrogen) atoms. The monoisotopic (exact) mass is 504 g/mol. The maximum Gasteiger partial charge on any atom is 0.266 e. The van der Waals surface area contributed by atoms with Crippen LogP contribution in [0.3, 0.4) is 0 Å². The Morgan fingerprint density at radius 3 is 2.34 bits per heavy atom. The molecule has 1 aromatic heterocycles. The van der Waals surface area contributed by atoms with Gasteiger partial charge in [-0.3, -0.25) is 24.3 Å². The number of para-hydroxylation sites is 3. The van der Waals surface area contributed by atoms with Crippen LogP contribution in [0.4, 0.5) is 5.69 Å². The van der Waals surface area contributed by atoms with Gasteiger partial charge in [0.1, 0.15) is 11.4 Å². The molecule has 1 spiro atoms. The summed E-state index contributed by atoms with van der Waals surface area (Å²) in [5.74, 6) is -0.977. The minimum atomic E-state index is -1.10. The topological polar surface area (TPSA) is 84.3 Å². The van der Waals surface area contributed by atoms with E-state index in [2.05, 4.69) is 19.2 Å². The molecular formula is C31H28N4O3. The number of hydrogen-bond acceptors (Lipinski definition) is 5. The van der Waals surface area contributed by atoms with Gasteiger partial charge in [0.05, 0.1) is 34.1 Å². The highest BCUT2D eigenvalue weighted by Gasteiger charge is 2.69. The third-order valence-corrected chi connectivity index (χ3v) is 8.44. The highest BCUT2D eigenvalue weighted by molar-refractivity contribution is 6.23. The third kappa shape index (κ3) is 2.82. The number of aromatic nitrogens is 2. The van der Waals surface area contributed by atoms with Crippen LogP contribution in [0.25, 0.3) is 16.6 Å². The minimum absolute atomic E-state index is 0.173. The van der Waals surface area contributed by atoms with Crippen LogP contribution < -0.4 is 15.8 Å². The number of nitrogens with zero attached hydrogens (tertiary/aromatic N) is 3. The zero-order chi connectivity index (χ0) is 26.3. The van der Waals surface area contributed by atoms with Gasteiger partial charge in [0.2, 0.25) is 11.8 Å². The Labute approximate surface area is 220 Å². The SMILES string of the molecule is Cc1ccccc1N1C(=O)[C@H]2[C@H](CC(C)C)N[C@@]3(c4ccccc4-n4c3nc3ccccc3c4=O)[C@H]2C1=O. The average molecular weight is 505 g/mol. The Morgan fingerprint density at radius 2 is 1.58 bits per heavy atom. The van der Waals surface area contributed by atoms with Gasteiger partial charge in [0, 0.05) is 11.6 Å². The molecule has 1 N–H and O–H groups in total. The summed E-state index contributed by atoms with van der Waals surface area (Å²) < 4.78 is 1.65. The van der Waals surface area contributed by atoms with E-state index in [1.54, 1.807) is 10.6 Å². The highest BCUT2D eigenvalue weighted by atomic mass is 16.2. The summed E-state index contributed by atoms with van der Waals surface area (Å²) in [5, 5.41) is 4.28. The summed E-state index contributed by atoms with van der Waals surface area (Å²) in [6.07, 6.45) is 0.712. The third-order valence-electron chi connectivity index (χ3n) is 8.44. The molecule has 0 saturated carbocycles. The van der Waals surface area contributed by atoms with Crippen molar-refractivity contribution in [2.75, 3.05) is 4.90 Å². The molecule has 4 atom stereocenters. The smallest absolute Gasteiger partial charge is 0.266 e. The van der Waals surface area contributed by atoms with Crippen molar-refractivity contribution in [3.05, 3.63) is 100 Å². The van der Waals surface area contributed by atoms with E-state index in [1.165, 1.54) is 4.90 Å². The lowest BCUT2D eigenvalue weighted by atomic mass is 9.75. The predicted molar refractivity (Wildman–Crippen MR) is 145 cm³/mol. The Balaban J connectivity index is 1.53. The van der Waals surface area contributed by atoms with E-state index >= 15 is 0 Å². The van der Waals surface area contributed by atoms with Crippen molar-refractivity contribution < 1.29 is 9.59 Å². The van der Waals surface area contributed by atoms with Gasteiger partial charge in [0.25, 0.3) is 5.56 Å². The van der Waals surface area contributed by atoms with Crippen molar-refractivity contribution in [1.29, 1.82) is 0 Å². The van der Waals surface area contributed by atoms with Crippen LogP contribution in [-0.2, 0) is 15.1 Å². The number of anilines is 1. The second-order valence-electron chi connectivity index (χ2n) is 11.1. The first kappa shape index (κ1) is 23.0. The van der Waals surface area contributed by atoms with Gasteiger partial charge in [-0.2, -0.15) is 0 Å². The fraction of sp³-hybridized carbons (Fsp3) is 0.290. The molecule has 4 aromatic rings. The number of carbonyl (C=O) groups is 2. The van der Waals surface area contributed by atoms with E-state index in [0.717, 1.165) is 11.1 Å². The van der Waals surface area contributed by atoms with Crippen LogP contribution in [0.15, 0.2) is 77.6 Å². The number of fused-ring (bicyclic) bond motifs is 8. The molecule has 2 saturated heterocycles. The van der Waals surface area contributed by atoms with E-state index in [-0.39, 0.29) is 23.4 Å². The molecule has 2 amide bonds. The van der Waals surface area contributed by atoms with E-state index in [0.29, 0.717) is 40.4 Å². The van der Waals surface area contributed by atoms with E-state index in [9.17, 15) is 14.4 Å². The number of hydrogen-bond donors (Lipinski definition) is 1. The summed E-state index contributed by atoms with van der Waals surface area (Å²) >= 11 is 0. The van der Waals surface area contributed by atoms with Crippen LogP contribution >= 0.6 is 0 Å². The first-order valence-electron chi connectivity index (χ1n) is 13.2. The van der Waals surface area contributed by atoms with Gasteiger partial charge in [0.15, 0.2) is 0 Å². The minimum Gasteiger partial charge on any atom is -0.297 e. The Bertz CT molecular complexity index is 1720. The van der Waals surface area contributed by atoms with Crippen molar-refractivity contribution >= 4 is 28.4 Å². The molecule has 0 bridgehead atoms. The summed E-state index contributed by atoms with van der Waals surface area (Å²) in [6.45, 7) is 6.15. The van der Waals surface area contributed by atoms with Crippen LogP contribution in [0.1, 0.15) is 37.2 Å². The molecule has 190 valence electrons. The largest absolute Gasteiger partial charge is 0.297 e. The van der Waals surface area contributed by atoms with Crippen LogP contribution in [0.5, 0.6) is 0 Å². The predicted octanol–water partition coefficient (Wildman–Crippen LogP) is 4.07. The Morgan fingerprint density at radius 1 is 0.895 bits per heavy atom.